The number of hydrogen-bond acceptors (Lipinski definition) is 0. The minimum absolute atomic E-state index is 1.13. The molecule has 0 aliphatic heterocycles. The van der Waals surface area contributed by atoms with Gasteiger partial charge in [0.1, 0.15) is 0 Å². The van der Waals surface area contributed by atoms with Crippen LogP contribution in [0.5, 0.6) is 0 Å². The van der Waals surface area contributed by atoms with E-state index in [2.05, 4.69) is 50.3 Å². The molecule has 0 saturated heterocycles. The molecule has 120 valence electrons. The molecule has 0 amide bonds. The van der Waals surface area contributed by atoms with Gasteiger partial charge < -0.3 is 0 Å². The van der Waals surface area contributed by atoms with Crippen molar-refractivity contribution in [3.05, 3.63) is 64.3 Å². The van der Waals surface area contributed by atoms with Gasteiger partial charge in [-0.2, -0.15) is 0 Å². The van der Waals surface area contributed by atoms with Crippen LogP contribution >= 0.6 is 0 Å². The topological polar surface area (TPSA) is 0 Å². The molecule has 0 fully saturated rings. The van der Waals surface area contributed by atoms with Crippen molar-refractivity contribution in [3.63, 3.8) is 0 Å². The van der Waals surface area contributed by atoms with E-state index in [0.717, 1.165) is 6.42 Å². The molecule has 1 aromatic carbocycles. The molecule has 3 rings (SSSR count). The summed E-state index contributed by atoms with van der Waals surface area (Å²) in [5, 5.41) is 0. The summed E-state index contributed by atoms with van der Waals surface area (Å²) in [5.74, 6) is 0. The predicted octanol–water partition coefficient (Wildman–Crippen LogP) is 7.26. The summed E-state index contributed by atoms with van der Waals surface area (Å²) in [6, 6.07) is 8.93. The Labute approximate surface area is 137 Å². The lowest BCUT2D eigenvalue weighted by atomic mass is 9.92. The standard InChI is InChI=1S/C18H20.2C2H6/c1-3-14-6-9-16-11-18(12-17(16)10-14)15-7-4-13(2)5-8-15;2*1-2/h4-5,7-8,10-11H,3,6,9,12H2,1-2H3;2*1-2H3. The van der Waals surface area contributed by atoms with Gasteiger partial charge in [0.15, 0.2) is 0 Å². The van der Waals surface area contributed by atoms with Crippen molar-refractivity contribution >= 4 is 5.57 Å². The summed E-state index contributed by atoms with van der Waals surface area (Å²) in [7, 11) is 0. The van der Waals surface area contributed by atoms with Crippen molar-refractivity contribution in [1.82, 2.24) is 0 Å². The highest BCUT2D eigenvalue weighted by Crippen LogP contribution is 2.39. The van der Waals surface area contributed by atoms with Gasteiger partial charge in [0.25, 0.3) is 0 Å². The summed E-state index contributed by atoms with van der Waals surface area (Å²) in [6.07, 6.45) is 9.69. The van der Waals surface area contributed by atoms with Crippen LogP contribution in [0, 0.1) is 6.92 Å². The molecule has 0 atom stereocenters. The molecule has 0 radical (unpaired) electrons. The van der Waals surface area contributed by atoms with E-state index in [0.29, 0.717) is 0 Å². The van der Waals surface area contributed by atoms with E-state index in [1.807, 2.05) is 27.7 Å². The zero-order valence-corrected chi connectivity index (χ0v) is 15.3. The largest absolute Gasteiger partial charge is 0.0699 e. The molecular formula is C22H32. The van der Waals surface area contributed by atoms with E-state index >= 15 is 0 Å². The van der Waals surface area contributed by atoms with Crippen molar-refractivity contribution in [2.45, 2.75) is 67.2 Å². The zero-order chi connectivity index (χ0) is 16.5. The minimum Gasteiger partial charge on any atom is -0.0699 e. The van der Waals surface area contributed by atoms with Crippen LogP contribution < -0.4 is 0 Å². The first-order valence-electron chi connectivity index (χ1n) is 8.95. The fourth-order valence-electron chi connectivity index (χ4n) is 2.89. The Bertz CT molecular complexity index is 550. The van der Waals surface area contributed by atoms with Gasteiger partial charge in [-0.25, -0.2) is 0 Å². The molecule has 2 aliphatic rings. The summed E-state index contributed by atoms with van der Waals surface area (Å²) in [6.45, 7) is 12.4. The summed E-state index contributed by atoms with van der Waals surface area (Å²) < 4.78 is 0. The average Bonchev–Trinajstić information content (AvgIpc) is 3.02. The number of aryl methyl sites for hydroxylation is 1. The third-order valence-corrected chi connectivity index (χ3v) is 4.11. The molecule has 0 saturated carbocycles. The Morgan fingerprint density at radius 2 is 1.45 bits per heavy atom. The van der Waals surface area contributed by atoms with Crippen LogP contribution in [-0.4, -0.2) is 0 Å². The average molecular weight is 296 g/mol. The number of rotatable bonds is 2. The molecule has 0 aromatic heterocycles. The Morgan fingerprint density at radius 3 is 2.05 bits per heavy atom. The number of hydrogen-bond donors (Lipinski definition) is 0. The van der Waals surface area contributed by atoms with Crippen molar-refractivity contribution < 1.29 is 0 Å². The van der Waals surface area contributed by atoms with Gasteiger partial charge in [-0.05, 0) is 54.9 Å². The minimum atomic E-state index is 1.13. The van der Waals surface area contributed by atoms with Crippen LogP contribution in [0.25, 0.3) is 5.57 Å². The Morgan fingerprint density at radius 1 is 0.818 bits per heavy atom. The highest BCUT2D eigenvalue weighted by molar-refractivity contribution is 5.76. The Kier molecular flexibility index (Phi) is 7.95. The first-order valence-corrected chi connectivity index (χ1v) is 8.95. The van der Waals surface area contributed by atoms with Gasteiger partial charge in [0.2, 0.25) is 0 Å². The molecule has 0 N–H and O–H groups in total. The first kappa shape index (κ1) is 18.5. The molecule has 2 aliphatic carbocycles. The quantitative estimate of drug-likeness (QED) is 0.538. The van der Waals surface area contributed by atoms with Crippen LogP contribution in [0.2, 0.25) is 0 Å². The fraction of sp³-hybridized carbons (Fsp3) is 0.455. The highest BCUT2D eigenvalue weighted by Gasteiger charge is 2.19. The first-order chi connectivity index (χ1) is 10.8. The van der Waals surface area contributed by atoms with Gasteiger partial charge in [0, 0.05) is 0 Å². The maximum absolute atomic E-state index is 2.44. The maximum atomic E-state index is 2.44. The molecule has 0 unspecified atom stereocenters. The summed E-state index contributed by atoms with van der Waals surface area (Å²) in [5.41, 5.74) is 8.97. The van der Waals surface area contributed by atoms with Crippen molar-refractivity contribution in [1.29, 1.82) is 0 Å². The van der Waals surface area contributed by atoms with E-state index in [4.69, 9.17) is 0 Å². The summed E-state index contributed by atoms with van der Waals surface area (Å²) in [4.78, 5) is 0. The SMILES string of the molecule is CC.CC.CCC1=CC2=C(C=C(c3ccc(C)cc3)C2)CC1. The molecule has 0 nitrogen and oxygen atoms in total. The van der Waals surface area contributed by atoms with Crippen LogP contribution in [0.4, 0.5) is 0 Å². The molecule has 0 spiro atoms. The van der Waals surface area contributed by atoms with Crippen molar-refractivity contribution in [2.24, 2.45) is 0 Å². The van der Waals surface area contributed by atoms with E-state index in [-0.39, 0.29) is 0 Å². The van der Waals surface area contributed by atoms with Gasteiger partial charge in [-0.1, -0.05) is 82.2 Å². The third kappa shape index (κ3) is 4.47. The second kappa shape index (κ2) is 9.46. The zero-order valence-electron chi connectivity index (χ0n) is 15.3. The van der Waals surface area contributed by atoms with E-state index in [9.17, 15) is 0 Å². The van der Waals surface area contributed by atoms with Gasteiger partial charge in [0.05, 0.1) is 0 Å². The Hall–Kier alpha value is -1.56. The second-order valence-electron chi connectivity index (χ2n) is 5.42. The molecule has 1 aromatic rings. The molecule has 0 heterocycles. The van der Waals surface area contributed by atoms with E-state index < -0.39 is 0 Å². The van der Waals surface area contributed by atoms with Crippen LogP contribution in [-0.2, 0) is 0 Å². The number of allylic oxidation sites excluding steroid dienone is 6. The lowest BCUT2D eigenvalue weighted by Crippen LogP contribution is -1.94. The normalized spacial score (nSPS) is 15.7. The lowest BCUT2D eigenvalue weighted by Gasteiger charge is -2.13. The second-order valence-corrected chi connectivity index (χ2v) is 5.42. The molecule has 0 heteroatoms. The smallest absolute Gasteiger partial charge is 0.00170 e. The monoisotopic (exact) mass is 296 g/mol. The molecular weight excluding hydrogens is 264 g/mol. The Balaban J connectivity index is 0.000000561. The molecule has 22 heavy (non-hydrogen) atoms. The summed E-state index contributed by atoms with van der Waals surface area (Å²) >= 11 is 0. The van der Waals surface area contributed by atoms with E-state index in [1.54, 1.807) is 16.7 Å². The highest BCUT2D eigenvalue weighted by atomic mass is 14.2. The van der Waals surface area contributed by atoms with Crippen LogP contribution in [0.1, 0.15) is 71.4 Å². The predicted molar refractivity (Wildman–Crippen MR) is 101 cm³/mol. The molecule has 0 bridgehead atoms. The van der Waals surface area contributed by atoms with Gasteiger partial charge in [-0.3, -0.25) is 0 Å². The number of benzene rings is 1. The van der Waals surface area contributed by atoms with Crippen molar-refractivity contribution in [3.8, 4) is 0 Å². The van der Waals surface area contributed by atoms with Crippen molar-refractivity contribution in [2.75, 3.05) is 0 Å². The van der Waals surface area contributed by atoms with Crippen LogP contribution in [0.3, 0.4) is 0 Å². The van der Waals surface area contributed by atoms with Crippen LogP contribution in [0.15, 0.2) is 53.1 Å². The lowest BCUT2D eigenvalue weighted by molar-refractivity contribution is 0.861. The third-order valence-electron chi connectivity index (χ3n) is 4.11. The van der Waals surface area contributed by atoms with Gasteiger partial charge >= 0.3 is 0 Å². The fourth-order valence-corrected chi connectivity index (χ4v) is 2.89. The maximum Gasteiger partial charge on any atom is -0.00170 e. The van der Waals surface area contributed by atoms with Gasteiger partial charge in [-0.15, -0.1) is 0 Å². The van der Waals surface area contributed by atoms with E-state index in [1.165, 1.54) is 36.0 Å².